The lowest BCUT2D eigenvalue weighted by Crippen LogP contribution is -2.04. The number of para-hydroxylation sites is 1. The maximum Gasteiger partial charge on any atom is 0.347 e. The van der Waals surface area contributed by atoms with E-state index < -0.39 is 5.63 Å². The normalized spacial score (nSPS) is 10.7. The van der Waals surface area contributed by atoms with E-state index >= 15 is 0 Å². The highest BCUT2D eigenvalue weighted by Gasteiger charge is 2.13. The number of fused-ring (bicyclic) bond motifs is 1. The molecule has 0 spiro atoms. The highest BCUT2D eigenvalue weighted by molar-refractivity contribution is 6.00. The molecule has 1 heterocycles. The smallest absolute Gasteiger partial charge is 0.347 e. The Morgan fingerprint density at radius 1 is 1.05 bits per heavy atom. The Balaban J connectivity index is 2.31. The average Bonchev–Trinajstić information content (AvgIpc) is 2.47. The minimum absolute atomic E-state index is 0.0989. The highest BCUT2D eigenvalue weighted by Crippen LogP contribution is 2.22. The molecule has 0 saturated heterocycles. The Hall–Kier alpha value is -2.75. The molecule has 1 aromatic heterocycles. The lowest BCUT2D eigenvalue weighted by molar-refractivity contribution is 0.101. The lowest BCUT2D eigenvalue weighted by Gasteiger charge is -2.05. The summed E-state index contributed by atoms with van der Waals surface area (Å²) in [6.07, 6.45) is 0. The van der Waals surface area contributed by atoms with E-state index in [1.165, 1.54) is 6.92 Å². The van der Waals surface area contributed by atoms with Crippen LogP contribution in [0.2, 0.25) is 0 Å². The van der Waals surface area contributed by atoms with Crippen LogP contribution in [-0.4, -0.2) is 10.8 Å². The fraction of sp³-hybridized carbons (Fsp3) is 0.0625. The van der Waals surface area contributed by atoms with Crippen LogP contribution in [0.4, 0.5) is 0 Å². The minimum atomic E-state index is -0.455. The van der Waals surface area contributed by atoms with Crippen molar-refractivity contribution in [1.29, 1.82) is 0 Å². The third-order valence-corrected chi connectivity index (χ3v) is 3.07. The molecule has 4 nitrogen and oxygen atoms in total. The van der Waals surface area contributed by atoms with Crippen LogP contribution in [-0.2, 0) is 0 Å². The number of hydrogen-bond donors (Lipinski definition) is 0. The van der Waals surface area contributed by atoms with Crippen molar-refractivity contribution < 1.29 is 9.21 Å². The van der Waals surface area contributed by atoms with Gasteiger partial charge < -0.3 is 4.42 Å². The van der Waals surface area contributed by atoms with Crippen molar-refractivity contribution >= 4 is 16.7 Å². The monoisotopic (exact) mass is 265 g/mol. The predicted molar refractivity (Wildman–Crippen MR) is 75.7 cm³/mol. The molecule has 0 atom stereocenters. The molecule has 0 aliphatic heterocycles. The van der Waals surface area contributed by atoms with Gasteiger partial charge >= 0.3 is 5.63 Å². The van der Waals surface area contributed by atoms with Crippen LogP contribution in [0.15, 0.2) is 57.7 Å². The fourth-order valence-electron chi connectivity index (χ4n) is 2.11. The molecule has 0 radical (unpaired) electrons. The second-order valence-corrected chi connectivity index (χ2v) is 4.43. The van der Waals surface area contributed by atoms with Crippen LogP contribution in [0.5, 0.6) is 0 Å². The first kappa shape index (κ1) is 12.3. The minimum Gasteiger partial charge on any atom is -0.403 e. The molecule has 4 heteroatoms. The van der Waals surface area contributed by atoms with Crippen molar-refractivity contribution in [2.24, 2.45) is 0 Å². The molecule has 0 N–H and O–H groups in total. The Morgan fingerprint density at radius 3 is 2.55 bits per heavy atom. The first-order chi connectivity index (χ1) is 9.66. The van der Waals surface area contributed by atoms with Gasteiger partial charge in [0.2, 0.25) is 5.89 Å². The summed E-state index contributed by atoms with van der Waals surface area (Å²) in [7, 11) is 0. The van der Waals surface area contributed by atoms with E-state index in [0.29, 0.717) is 22.0 Å². The molecule has 0 aliphatic rings. The summed E-state index contributed by atoms with van der Waals surface area (Å²) in [4.78, 5) is 27.9. The predicted octanol–water partition coefficient (Wildman–Crippen LogP) is 3.06. The topological polar surface area (TPSA) is 60.2 Å². The summed E-state index contributed by atoms with van der Waals surface area (Å²) in [5, 5.41) is 0.427. The van der Waals surface area contributed by atoms with Crippen molar-refractivity contribution in [2.45, 2.75) is 6.92 Å². The van der Waals surface area contributed by atoms with Gasteiger partial charge in [-0.05, 0) is 25.1 Å². The zero-order valence-electron chi connectivity index (χ0n) is 10.8. The summed E-state index contributed by atoms with van der Waals surface area (Å²) in [6, 6.07) is 13.9. The zero-order chi connectivity index (χ0) is 14.1. The molecule has 0 aliphatic carbocycles. The number of hydrogen-bond acceptors (Lipinski definition) is 4. The molecule has 0 unspecified atom stereocenters. The molecular formula is C16H11NO3. The summed E-state index contributed by atoms with van der Waals surface area (Å²) >= 11 is 0. The zero-order valence-corrected chi connectivity index (χ0v) is 10.8. The Bertz CT molecular complexity index is 865. The van der Waals surface area contributed by atoms with E-state index in [9.17, 15) is 9.59 Å². The van der Waals surface area contributed by atoms with Crippen molar-refractivity contribution in [1.82, 2.24) is 4.98 Å². The van der Waals surface area contributed by atoms with Gasteiger partial charge in [-0.3, -0.25) is 4.79 Å². The number of nitrogens with zero attached hydrogens (tertiary/aromatic N) is 1. The van der Waals surface area contributed by atoms with Crippen LogP contribution < -0.4 is 5.63 Å². The number of carbonyl (C=O) groups is 1. The fourth-order valence-corrected chi connectivity index (χ4v) is 2.11. The summed E-state index contributed by atoms with van der Waals surface area (Å²) in [5.41, 5.74) is 1.11. The standard InChI is InChI=1S/C16H11NO3/c1-10(18)11-6-2-3-7-12(11)15-17-14-9-5-4-8-13(14)16(19)20-15/h2-9H,1H3. The Morgan fingerprint density at radius 2 is 1.75 bits per heavy atom. The third-order valence-electron chi connectivity index (χ3n) is 3.07. The van der Waals surface area contributed by atoms with Crippen LogP contribution in [0, 0.1) is 0 Å². The van der Waals surface area contributed by atoms with Crippen LogP contribution in [0.1, 0.15) is 17.3 Å². The van der Waals surface area contributed by atoms with E-state index in [4.69, 9.17) is 4.42 Å². The lowest BCUT2D eigenvalue weighted by atomic mass is 10.0. The van der Waals surface area contributed by atoms with E-state index in [0.717, 1.165) is 0 Å². The molecule has 3 aromatic rings. The molecule has 2 aromatic carbocycles. The molecule has 3 rings (SSSR count). The largest absolute Gasteiger partial charge is 0.403 e. The average molecular weight is 265 g/mol. The van der Waals surface area contributed by atoms with Gasteiger partial charge in [0.15, 0.2) is 5.78 Å². The maximum atomic E-state index is 12.0. The van der Waals surface area contributed by atoms with Crippen LogP contribution in [0.25, 0.3) is 22.4 Å². The van der Waals surface area contributed by atoms with E-state index in [1.807, 2.05) is 0 Å². The second kappa shape index (κ2) is 4.74. The molecular weight excluding hydrogens is 254 g/mol. The molecule has 0 fully saturated rings. The van der Waals surface area contributed by atoms with Gasteiger partial charge in [0, 0.05) is 11.1 Å². The van der Waals surface area contributed by atoms with Crippen LogP contribution in [0.3, 0.4) is 0 Å². The van der Waals surface area contributed by atoms with Crippen molar-refractivity contribution in [3.05, 3.63) is 64.5 Å². The van der Waals surface area contributed by atoms with Gasteiger partial charge in [0.05, 0.1) is 10.9 Å². The van der Waals surface area contributed by atoms with Crippen molar-refractivity contribution in [3.63, 3.8) is 0 Å². The molecule has 98 valence electrons. The first-order valence-electron chi connectivity index (χ1n) is 6.17. The maximum absolute atomic E-state index is 12.0. The molecule has 0 amide bonds. The van der Waals surface area contributed by atoms with Gasteiger partial charge in [-0.2, -0.15) is 0 Å². The molecule has 0 bridgehead atoms. The first-order valence-corrected chi connectivity index (χ1v) is 6.17. The molecule has 0 saturated carbocycles. The Labute approximate surface area is 114 Å². The number of rotatable bonds is 2. The van der Waals surface area contributed by atoms with Crippen molar-refractivity contribution in [2.75, 3.05) is 0 Å². The van der Waals surface area contributed by atoms with Gasteiger partial charge in [0.1, 0.15) is 0 Å². The number of Topliss-reactive ketones (excluding diaryl/α,β-unsaturated/α-hetero) is 1. The van der Waals surface area contributed by atoms with Gasteiger partial charge in [-0.1, -0.05) is 30.3 Å². The van der Waals surface area contributed by atoms with E-state index in [-0.39, 0.29) is 11.7 Å². The SMILES string of the molecule is CC(=O)c1ccccc1-c1nc2ccccc2c(=O)o1. The quantitative estimate of drug-likeness (QED) is 0.668. The third kappa shape index (κ3) is 2.01. The Kier molecular flexibility index (Phi) is 2.91. The van der Waals surface area contributed by atoms with Gasteiger partial charge in [0.25, 0.3) is 0 Å². The summed E-state index contributed by atoms with van der Waals surface area (Å²) in [6.45, 7) is 1.47. The summed E-state index contributed by atoms with van der Waals surface area (Å²) < 4.78 is 5.25. The molecule has 20 heavy (non-hydrogen) atoms. The number of carbonyl (C=O) groups excluding carboxylic acids is 1. The number of aromatic nitrogens is 1. The highest BCUT2D eigenvalue weighted by atomic mass is 16.4. The van der Waals surface area contributed by atoms with Crippen LogP contribution >= 0.6 is 0 Å². The van der Waals surface area contributed by atoms with E-state index in [2.05, 4.69) is 4.98 Å². The number of benzene rings is 2. The second-order valence-electron chi connectivity index (χ2n) is 4.43. The van der Waals surface area contributed by atoms with Gasteiger partial charge in [-0.15, -0.1) is 0 Å². The summed E-state index contributed by atoms with van der Waals surface area (Å²) in [5.74, 6) is 0.0673. The van der Waals surface area contributed by atoms with E-state index in [1.54, 1.807) is 48.5 Å². The number of ketones is 1. The van der Waals surface area contributed by atoms with Crippen molar-refractivity contribution in [3.8, 4) is 11.5 Å². The van der Waals surface area contributed by atoms with Gasteiger partial charge in [-0.25, -0.2) is 9.78 Å².